The van der Waals surface area contributed by atoms with Gasteiger partial charge in [0.1, 0.15) is 6.17 Å². The van der Waals surface area contributed by atoms with Crippen molar-refractivity contribution in [2.24, 2.45) is 16.5 Å². The molecule has 11 nitrogen and oxygen atoms in total. The molecule has 2 unspecified atom stereocenters. The van der Waals surface area contributed by atoms with E-state index in [1.165, 1.54) is 12.1 Å². The summed E-state index contributed by atoms with van der Waals surface area (Å²) in [4.78, 5) is 47.0. The fourth-order valence-corrected chi connectivity index (χ4v) is 6.16. The molecule has 1 saturated heterocycles. The Morgan fingerprint density at radius 1 is 0.907 bits per heavy atom. The number of aliphatic carboxylic acids is 2. The van der Waals surface area contributed by atoms with E-state index < -0.39 is 17.9 Å². The fraction of sp³-hybridized carbons (Fsp3) is 0.333. The van der Waals surface area contributed by atoms with Crippen molar-refractivity contribution in [2.45, 2.75) is 38.3 Å². The normalized spacial score (nSPS) is 18.2. The van der Waals surface area contributed by atoms with Crippen LogP contribution in [0, 0.1) is 0 Å². The number of carboxylic acid groups (broad SMARTS) is 2. The van der Waals surface area contributed by atoms with E-state index in [0.717, 1.165) is 5.56 Å². The molecule has 2 atom stereocenters. The molecule has 0 radical (unpaired) electrons. The van der Waals surface area contributed by atoms with Gasteiger partial charge in [-0.2, -0.15) is 0 Å². The number of amides is 1. The number of nitrogens with one attached hydrogen (secondary N) is 1. The summed E-state index contributed by atoms with van der Waals surface area (Å²) in [5.41, 5.74) is 12.1. The maximum Gasteiger partial charge on any atom is 0.334 e. The minimum atomic E-state index is -1.38. The summed E-state index contributed by atoms with van der Waals surface area (Å²) in [5, 5.41) is 24.1. The number of carboxylic acids is 2. The Morgan fingerprint density at radius 2 is 1.49 bits per heavy atom. The molecule has 13 heteroatoms. The van der Waals surface area contributed by atoms with Gasteiger partial charge in [-0.05, 0) is 37.5 Å². The highest BCUT2D eigenvalue weighted by Crippen LogP contribution is 2.45. The van der Waals surface area contributed by atoms with E-state index in [1.807, 2.05) is 42.2 Å². The molecule has 228 valence electrons. The van der Waals surface area contributed by atoms with Gasteiger partial charge < -0.3 is 31.9 Å². The Labute approximate surface area is 259 Å². The molecule has 2 aliphatic rings. The Hall–Kier alpha value is -4.06. The number of allylic oxidation sites excluding steroid dienone is 1. The van der Waals surface area contributed by atoms with Gasteiger partial charge in [0.05, 0.1) is 23.5 Å². The summed E-state index contributed by atoms with van der Waals surface area (Å²) < 4.78 is 0. The van der Waals surface area contributed by atoms with E-state index in [9.17, 15) is 24.6 Å². The predicted molar refractivity (Wildman–Crippen MR) is 164 cm³/mol. The van der Waals surface area contributed by atoms with Crippen molar-refractivity contribution in [3.63, 3.8) is 0 Å². The minimum absolute atomic E-state index is 0.0208. The molecule has 2 aromatic carbocycles. The summed E-state index contributed by atoms with van der Waals surface area (Å²) in [6, 6.07) is 14.1. The minimum Gasteiger partial charge on any atom is -0.478 e. The largest absolute Gasteiger partial charge is 0.478 e. The number of piperazine rings is 1. The average molecular weight is 630 g/mol. The lowest BCUT2D eigenvalue weighted by atomic mass is 9.78. The second kappa shape index (κ2) is 13.9. The number of carbonyl (C=O) groups excluding carboxylic acids is 1. The Kier molecular flexibility index (Phi) is 10.3. The van der Waals surface area contributed by atoms with E-state index in [-0.39, 0.29) is 63.3 Å². The molecule has 1 fully saturated rings. The third kappa shape index (κ3) is 7.48. The number of benzene rings is 2. The molecule has 0 aliphatic carbocycles. The lowest BCUT2D eigenvalue weighted by Crippen LogP contribution is -2.51. The third-order valence-electron chi connectivity index (χ3n) is 7.64. The van der Waals surface area contributed by atoms with Gasteiger partial charge in [-0.1, -0.05) is 59.6 Å². The van der Waals surface area contributed by atoms with Gasteiger partial charge in [-0.15, -0.1) is 0 Å². The van der Waals surface area contributed by atoms with Crippen LogP contribution in [0.1, 0.15) is 36.8 Å². The third-order valence-corrected chi connectivity index (χ3v) is 8.30. The maximum atomic E-state index is 13.6. The van der Waals surface area contributed by atoms with Gasteiger partial charge in [0.25, 0.3) is 0 Å². The van der Waals surface area contributed by atoms with E-state index in [1.54, 1.807) is 11.0 Å². The number of nitrogens with zero attached hydrogens (tertiary/aromatic N) is 3. The van der Waals surface area contributed by atoms with E-state index in [2.05, 4.69) is 10.3 Å². The molecule has 2 heterocycles. The topological polar surface area (TPSA) is 175 Å². The first kappa shape index (κ1) is 31.9. The fourth-order valence-electron chi connectivity index (χ4n) is 5.55. The molecule has 0 saturated carbocycles. The van der Waals surface area contributed by atoms with Crippen LogP contribution in [-0.4, -0.2) is 76.2 Å². The highest BCUT2D eigenvalue weighted by atomic mass is 35.5. The zero-order valence-corrected chi connectivity index (χ0v) is 25.1. The molecular weight excluding hydrogens is 595 g/mol. The van der Waals surface area contributed by atoms with Crippen molar-refractivity contribution >= 4 is 47.0 Å². The SMILES string of the molecule is CC(N=C(N)N)N1CCN(C(=O)CC2=C(C(=O)O)C(c3c(Cl)cccc3Cl)C(C(=O)O)=C(CCc3ccccc3)N2)CC1. The summed E-state index contributed by atoms with van der Waals surface area (Å²) in [5.74, 6) is -4.34. The lowest BCUT2D eigenvalue weighted by Gasteiger charge is -2.37. The molecule has 0 aromatic heterocycles. The number of guanidine groups is 1. The highest BCUT2D eigenvalue weighted by Gasteiger charge is 2.41. The number of hydrogen-bond acceptors (Lipinski definition) is 6. The van der Waals surface area contributed by atoms with Crippen molar-refractivity contribution in [3.05, 3.63) is 92.2 Å². The first-order valence-electron chi connectivity index (χ1n) is 13.8. The summed E-state index contributed by atoms with van der Waals surface area (Å²) in [7, 11) is 0. The summed E-state index contributed by atoms with van der Waals surface area (Å²) in [6.45, 7) is 3.66. The number of rotatable bonds is 10. The molecular formula is C30H34Cl2N6O5. The Morgan fingerprint density at radius 3 is 2.05 bits per heavy atom. The molecule has 1 amide bonds. The van der Waals surface area contributed by atoms with Gasteiger partial charge in [0, 0.05) is 53.2 Å². The maximum absolute atomic E-state index is 13.6. The molecule has 7 N–H and O–H groups in total. The number of aryl methyl sites for hydroxylation is 1. The monoisotopic (exact) mass is 628 g/mol. The zero-order chi connectivity index (χ0) is 31.3. The highest BCUT2D eigenvalue weighted by molar-refractivity contribution is 6.36. The molecule has 0 spiro atoms. The van der Waals surface area contributed by atoms with Crippen LogP contribution in [0.15, 0.2) is 76.1 Å². The standard InChI is InChI=1S/C30H34Cl2N6O5/c1-17(35-30(33)34)37-12-14-38(15-13-37)23(39)16-22-26(29(42)43)27(24-19(31)8-5-9-20(24)32)25(28(40)41)21(36-22)11-10-18-6-3-2-4-7-18/h2-9,17,27,36H,10-16H2,1H3,(H,40,41)(H,42,43)(H4,33,34,35). The van der Waals surface area contributed by atoms with E-state index >= 15 is 0 Å². The number of dihydropyridines is 1. The second-order valence-corrected chi connectivity index (χ2v) is 11.2. The smallest absolute Gasteiger partial charge is 0.334 e. The van der Waals surface area contributed by atoms with Crippen molar-refractivity contribution < 1.29 is 24.6 Å². The van der Waals surface area contributed by atoms with Crippen LogP contribution < -0.4 is 16.8 Å². The van der Waals surface area contributed by atoms with Gasteiger partial charge in [-0.3, -0.25) is 9.69 Å². The Balaban J connectivity index is 1.70. The molecule has 2 aliphatic heterocycles. The zero-order valence-electron chi connectivity index (χ0n) is 23.6. The summed E-state index contributed by atoms with van der Waals surface area (Å²) in [6.07, 6.45) is 0.181. The first-order valence-corrected chi connectivity index (χ1v) is 14.5. The molecule has 0 bridgehead atoms. The van der Waals surface area contributed by atoms with Gasteiger partial charge in [-0.25, -0.2) is 14.6 Å². The van der Waals surface area contributed by atoms with Crippen LogP contribution in [0.5, 0.6) is 0 Å². The number of hydrogen-bond donors (Lipinski definition) is 5. The predicted octanol–water partition coefficient (Wildman–Crippen LogP) is 3.14. The second-order valence-electron chi connectivity index (χ2n) is 10.4. The van der Waals surface area contributed by atoms with Crippen LogP contribution >= 0.6 is 23.2 Å². The van der Waals surface area contributed by atoms with Crippen LogP contribution in [0.25, 0.3) is 0 Å². The average Bonchev–Trinajstić information content (AvgIpc) is 2.95. The first-order chi connectivity index (χ1) is 20.5. The van der Waals surface area contributed by atoms with Crippen LogP contribution in [-0.2, 0) is 20.8 Å². The lowest BCUT2D eigenvalue weighted by molar-refractivity contribution is -0.133. The van der Waals surface area contributed by atoms with Crippen molar-refractivity contribution in [1.29, 1.82) is 0 Å². The number of carbonyl (C=O) groups is 3. The van der Waals surface area contributed by atoms with Gasteiger partial charge >= 0.3 is 11.9 Å². The van der Waals surface area contributed by atoms with Crippen molar-refractivity contribution in [1.82, 2.24) is 15.1 Å². The van der Waals surface area contributed by atoms with E-state index in [4.69, 9.17) is 34.7 Å². The quantitative estimate of drug-likeness (QED) is 0.195. The molecule has 43 heavy (non-hydrogen) atoms. The number of nitrogens with two attached hydrogens (primary N) is 2. The molecule has 4 rings (SSSR count). The summed E-state index contributed by atoms with van der Waals surface area (Å²) >= 11 is 13.1. The van der Waals surface area contributed by atoms with E-state index in [0.29, 0.717) is 38.3 Å². The van der Waals surface area contributed by atoms with Gasteiger partial charge in [0.15, 0.2) is 5.96 Å². The van der Waals surface area contributed by atoms with Crippen molar-refractivity contribution in [3.8, 4) is 0 Å². The Bertz CT molecular complexity index is 1460. The van der Waals surface area contributed by atoms with Crippen molar-refractivity contribution in [2.75, 3.05) is 26.2 Å². The van der Waals surface area contributed by atoms with Crippen LogP contribution in [0.2, 0.25) is 10.0 Å². The van der Waals surface area contributed by atoms with Gasteiger partial charge in [0.2, 0.25) is 5.91 Å². The van der Waals surface area contributed by atoms with Crippen LogP contribution in [0.3, 0.4) is 0 Å². The van der Waals surface area contributed by atoms with Crippen LogP contribution in [0.4, 0.5) is 0 Å². The number of halogens is 2. The number of aliphatic imine (C=N–C) groups is 1. The molecule has 2 aromatic rings.